The van der Waals surface area contributed by atoms with Crippen LogP contribution >= 0.6 is 7.75 Å². The fraction of sp³-hybridized carbons (Fsp3) is 0.435. The van der Waals surface area contributed by atoms with Crippen molar-refractivity contribution in [3.63, 3.8) is 0 Å². The molecule has 0 saturated carbocycles. The Kier molecular flexibility index (Phi) is 8.17. The molecule has 1 unspecified atom stereocenters. The zero-order valence-electron chi connectivity index (χ0n) is 20.2. The molecule has 3 rings (SSSR count). The number of para-hydroxylation sites is 1. The molecule has 11 nitrogen and oxygen atoms in total. The molecule has 2 aromatic rings. The van der Waals surface area contributed by atoms with E-state index >= 15 is 0 Å². The van der Waals surface area contributed by atoms with Gasteiger partial charge in [0.1, 0.15) is 17.4 Å². The minimum Gasteiger partial charge on any atom is -0.462 e. The van der Waals surface area contributed by atoms with Crippen LogP contribution in [-0.2, 0) is 23.4 Å². The van der Waals surface area contributed by atoms with Crippen molar-refractivity contribution in [1.29, 1.82) is 0 Å². The Bertz CT molecular complexity index is 1240. The molecule has 0 saturated heterocycles. The molecular formula is C23H30N3O8P. The van der Waals surface area contributed by atoms with E-state index in [1.807, 2.05) is 0 Å². The van der Waals surface area contributed by atoms with Crippen molar-refractivity contribution >= 4 is 13.7 Å². The predicted octanol–water partition coefficient (Wildman–Crippen LogP) is 2.82. The second kappa shape index (κ2) is 10.7. The summed E-state index contributed by atoms with van der Waals surface area (Å²) in [6.45, 7) is 7.92. The third-order valence-electron chi connectivity index (χ3n) is 4.97. The second-order valence-corrected chi connectivity index (χ2v) is 10.4. The van der Waals surface area contributed by atoms with Crippen LogP contribution in [0.2, 0.25) is 0 Å². The number of aryl methyl sites for hydroxylation is 1. The molecule has 35 heavy (non-hydrogen) atoms. The van der Waals surface area contributed by atoms with Gasteiger partial charge in [-0.25, -0.2) is 9.36 Å². The van der Waals surface area contributed by atoms with Crippen LogP contribution in [0.3, 0.4) is 0 Å². The van der Waals surface area contributed by atoms with E-state index in [-0.39, 0.29) is 18.5 Å². The minimum atomic E-state index is -4.09. The van der Waals surface area contributed by atoms with Crippen molar-refractivity contribution < 1.29 is 27.9 Å². The largest absolute Gasteiger partial charge is 0.462 e. The molecule has 0 fully saturated rings. The minimum absolute atomic E-state index is 0.236. The van der Waals surface area contributed by atoms with Gasteiger partial charge in [0.15, 0.2) is 6.23 Å². The highest BCUT2D eigenvalue weighted by Gasteiger charge is 2.39. The lowest BCUT2D eigenvalue weighted by atomic mass is 10.1. The Balaban J connectivity index is 1.75. The molecule has 1 aliphatic heterocycles. The molecule has 1 aromatic heterocycles. The lowest BCUT2D eigenvalue weighted by molar-refractivity contribution is -0.149. The van der Waals surface area contributed by atoms with E-state index in [9.17, 15) is 18.9 Å². The van der Waals surface area contributed by atoms with Gasteiger partial charge in [0.25, 0.3) is 5.56 Å². The molecule has 0 bridgehead atoms. The average Bonchev–Trinajstić information content (AvgIpc) is 3.17. The fourth-order valence-electron chi connectivity index (χ4n) is 3.19. The number of ether oxygens (including phenoxy) is 2. The second-order valence-electron chi connectivity index (χ2n) is 8.67. The number of H-pyrrole nitrogens is 1. The monoisotopic (exact) mass is 507 g/mol. The number of carbonyl (C=O) groups is 1. The first-order chi connectivity index (χ1) is 16.4. The molecule has 4 atom stereocenters. The van der Waals surface area contributed by atoms with Gasteiger partial charge in [-0.1, -0.05) is 24.3 Å². The van der Waals surface area contributed by atoms with Gasteiger partial charge in [-0.3, -0.25) is 23.7 Å². The molecule has 12 heteroatoms. The van der Waals surface area contributed by atoms with Gasteiger partial charge in [-0.15, -0.1) is 0 Å². The first-order valence-electron chi connectivity index (χ1n) is 11.1. The quantitative estimate of drug-likeness (QED) is 0.282. The lowest BCUT2D eigenvalue weighted by Gasteiger charge is -2.28. The summed E-state index contributed by atoms with van der Waals surface area (Å²) in [5.74, 6) is -0.342. The van der Waals surface area contributed by atoms with Crippen LogP contribution in [0.4, 0.5) is 0 Å². The Hall–Kier alpha value is -2.98. The number of aromatic amines is 1. The van der Waals surface area contributed by atoms with Crippen LogP contribution in [0.15, 0.2) is 58.3 Å². The summed E-state index contributed by atoms with van der Waals surface area (Å²) in [5.41, 5.74) is -1.85. The van der Waals surface area contributed by atoms with E-state index in [2.05, 4.69) is 10.1 Å². The van der Waals surface area contributed by atoms with Gasteiger partial charge in [0.2, 0.25) is 0 Å². The molecule has 2 N–H and O–H groups in total. The lowest BCUT2D eigenvalue weighted by Crippen LogP contribution is -2.39. The third-order valence-corrected chi connectivity index (χ3v) is 6.59. The van der Waals surface area contributed by atoms with Crippen molar-refractivity contribution in [3.8, 4) is 5.75 Å². The molecular weight excluding hydrogens is 477 g/mol. The van der Waals surface area contributed by atoms with Crippen LogP contribution < -0.4 is 20.9 Å². The number of esters is 1. The van der Waals surface area contributed by atoms with Gasteiger partial charge >= 0.3 is 19.4 Å². The first kappa shape index (κ1) is 26.6. The topological polar surface area (TPSA) is 138 Å². The SMILES string of the molecule is Cc1cn([C@H]2C=C[C@@](C)(COP(=O)(N[C@@H](C)C(=O)OC(C)C)Oc3ccccc3)O2)c(=O)[nH]c1=O. The molecule has 1 aromatic carbocycles. The summed E-state index contributed by atoms with van der Waals surface area (Å²) in [5, 5.41) is 2.62. The zero-order chi connectivity index (χ0) is 25.8. The highest BCUT2D eigenvalue weighted by atomic mass is 31.2. The number of hydrogen-bond acceptors (Lipinski definition) is 8. The van der Waals surface area contributed by atoms with E-state index in [1.165, 1.54) is 17.7 Å². The Morgan fingerprint density at radius 3 is 2.60 bits per heavy atom. The molecule has 0 aliphatic carbocycles. The molecule has 0 spiro atoms. The van der Waals surface area contributed by atoms with E-state index in [4.69, 9.17) is 18.5 Å². The Labute approximate surface area is 202 Å². The van der Waals surface area contributed by atoms with Gasteiger partial charge in [0, 0.05) is 11.8 Å². The maximum absolute atomic E-state index is 13.6. The van der Waals surface area contributed by atoms with Crippen molar-refractivity contribution in [3.05, 3.63) is 75.1 Å². The van der Waals surface area contributed by atoms with E-state index in [0.29, 0.717) is 5.56 Å². The number of benzene rings is 1. The Morgan fingerprint density at radius 2 is 1.94 bits per heavy atom. The molecule has 190 valence electrons. The summed E-state index contributed by atoms with van der Waals surface area (Å²) in [6, 6.07) is 7.39. The van der Waals surface area contributed by atoms with E-state index < -0.39 is 42.8 Å². The summed E-state index contributed by atoms with van der Waals surface area (Å²) in [7, 11) is -4.09. The van der Waals surface area contributed by atoms with Crippen LogP contribution in [-0.4, -0.2) is 39.9 Å². The summed E-state index contributed by atoms with van der Waals surface area (Å²) in [6.07, 6.45) is 3.52. The van der Waals surface area contributed by atoms with Crippen LogP contribution in [0, 0.1) is 6.92 Å². The molecule has 1 aliphatic rings. The van der Waals surface area contributed by atoms with E-state index in [1.54, 1.807) is 70.2 Å². The Morgan fingerprint density at radius 1 is 1.26 bits per heavy atom. The van der Waals surface area contributed by atoms with Gasteiger partial charge in [-0.05, 0) is 52.8 Å². The van der Waals surface area contributed by atoms with Crippen LogP contribution in [0.5, 0.6) is 5.75 Å². The normalized spacial score (nSPS) is 22.1. The van der Waals surface area contributed by atoms with Gasteiger partial charge in [0.05, 0.1) is 12.7 Å². The fourth-order valence-corrected chi connectivity index (χ4v) is 4.78. The number of aromatic nitrogens is 2. The summed E-state index contributed by atoms with van der Waals surface area (Å²) >= 11 is 0. The van der Waals surface area contributed by atoms with Crippen molar-refractivity contribution in [2.75, 3.05) is 6.61 Å². The highest BCUT2D eigenvalue weighted by Crippen LogP contribution is 2.46. The zero-order valence-corrected chi connectivity index (χ0v) is 21.1. The van der Waals surface area contributed by atoms with Crippen molar-refractivity contribution in [2.45, 2.75) is 58.6 Å². The summed E-state index contributed by atoms with van der Waals surface area (Å²) < 4.78 is 37.3. The maximum Gasteiger partial charge on any atom is 0.459 e. The number of rotatable bonds is 10. The molecule has 2 heterocycles. The standard InChI is InChI=1S/C23H30N3O8P/c1-15(2)32-21(28)17(4)25-35(30,34-18-9-7-6-8-10-18)31-14-23(5)12-11-19(33-23)26-13-16(3)20(27)24-22(26)29/h6-13,15,17,19H,14H2,1-5H3,(H,25,30)(H,24,27,29)/t17-,19+,23-,35?/m0/s1. The molecule has 0 amide bonds. The number of carbonyl (C=O) groups excluding carboxylic acids is 1. The van der Waals surface area contributed by atoms with E-state index in [0.717, 1.165) is 0 Å². The third kappa shape index (κ3) is 7.02. The van der Waals surface area contributed by atoms with Crippen LogP contribution in [0.1, 0.15) is 39.5 Å². The van der Waals surface area contributed by atoms with Crippen molar-refractivity contribution in [1.82, 2.24) is 14.6 Å². The number of hydrogen-bond donors (Lipinski definition) is 2. The molecule has 0 radical (unpaired) electrons. The van der Waals surface area contributed by atoms with Crippen LogP contribution in [0.25, 0.3) is 0 Å². The number of nitrogens with one attached hydrogen (secondary N) is 2. The van der Waals surface area contributed by atoms with Gasteiger partial charge < -0.3 is 14.0 Å². The van der Waals surface area contributed by atoms with Gasteiger partial charge in [-0.2, -0.15) is 5.09 Å². The first-order valence-corrected chi connectivity index (χ1v) is 12.6. The predicted molar refractivity (Wildman–Crippen MR) is 128 cm³/mol. The summed E-state index contributed by atoms with van der Waals surface area (Å²) in [4.78, 5) is 38.4. The maximum atomic E-state index is 13.6. The number of nitrogens with zero attached hydrogens (tertiary/aromatic N) is 1. The smallest absolute Gasteiger partial charge is 0.459 e. The average molecular weight is 507 g/mol. The highest BCUT2D eigenvalue weighted by molar-refractivity contribution is 7.52. The van der Waals surface area contributed by atoms with Crippen molar-refractivity contribution in [2.24, 2.45) is 0 Å².